The van der Waals surface area contributed by atoms with E-state index in [0.29, 0.717) is 16.7 Å². The van der Waals surface area contributed by atoms with Gasteiger partial charge in [-0.3, -0.25) is 0 Å². The molecule has 5 heteroatoms. The maximum Gasteiger partial charge on any atom is 0.189 e. The molecule has 0 aromatic carbocycles. The number of nitrogen functional groups attached to an aromatic ring is 2. The van der Waals surface area contributed by atoms with Gasteiger partial charge in [-0.1, -0.05) is 25.6 Å². The number of rotatable bonds is 2. The van der Waals surface area contributed by atoms with Crippen LogP contribution in [0.3, 0.4) is 0 Å². The molecule has 0 saturated heterocycles. The fourth-order valence-corrected chi connectivity index (χ4v) is 1.39. The monoisotopic (exact) mass is 198 g/mol. The van der Waals surface area contributed by atoms with E-state index in [-0.39, 0.29) is 5.92 Å². The quantitative estimate of drug-likeness (QED) is 0.556. The van der Waals surface area contributed by atoms with Gasteiger partial charge in [0.05, 0.1) is 11.4 Å². The topological polar surface area (TPSA) is 77.8 Å². The third kappa shape index (κ3) is 2.03. The average molecular weight is 198 g/mol. The first-order chi connectivity index (χ1) is 6.06. The SMILES string of the molecule is CSc1nc(N)c(N)c(C(C)C)n1. The zero-order valence-corrected chi connectivity index (χ0v) is 8.85. The summed E-state index contributed by atoms with van der Waals surface area (Å²) in [5, 5.41) is 0.676. The van der Waals surface area contributed by atoms with Crippen LogP contribution in [0.5, 0.6) is 0 Å². The highest BCUT2D eigenvalue weighted by molar-refractivity contribution is 7.98. The fourth-order valence-electron chi connectivity index (χ4n) is 1.01. The van der Waals surface area contributed by atoms with Crippen LogP contribution in [0.25, 0.3) is 0 Å². The second kappa shape index (κ2) is 3.83. The van der Waals surface area contributed by atoms with Crippen LogP contribution >= 0.6 is 11.8 Å². The fraction of sp³-hybridized carbons (Fsp3) is 0.500. The van der Waals surface area contributed by atoms with Crippen LogP contribution in [0, 0.1) is 0 Å². The third-order valence-corrected chi connectivity index (χ3v) is 2.26. The molecule has 13 heavy (non-hydrogen) atoms. The summed E-state index contributed by atoms with van der Waals surface area (Å²) in [6, 6.07) is 0. The molecule has 4 N–H and O–H groups in total. The summed E-state index contributed by atoms with van der Waals surface area (Å²) < 4.78 is 0. The number of thioether (sulfide) groups is 1. The lowest BCUT2D eigenvalue weighted by Crippen LogP contribution is -2.07. The van der Waals surface area contributed by atoms with E-state index in [1.54, 1.807) is 0 Å². The van der Waals surface area contributed by atoms with Crippen LogP contribution in [-0.4, -0.2) is 16.2 Å². The number of anilines is 2. The molecule has 0 saturated carbocycles. The molecule has 1 rings (SSSR count). The maximum atomic E-state index is 5.75. The molecule has 1 aromatic heterocycles. The molecule has 0 unspecified atom stereocenters. The van der Waals surface area contributed by atoms with Crippen molar-refractivity contribution in [3.8, 4) is 0 Å². The Morgan fingerprint density at radius 1 is 1.23 bits per heavy atom. The van der Waals surface area contributed by atoms with Crippen LogP contribution in [-0.2, 0) is 0 Å². The minimum atomic E-state index is 0.274. The van der Waals surface area contributed by atoms with Gasteiger partial charge in [-0.2, -0.15) is 0 Å². The Kier molecular flexibility index (Phi) is 2.98. The Labute approximate surface area is 82.1 Å². The summed E-state index contributed by atoms with van der Waals surface area (Å²) in [7, 11) is 0. The highest BCUT2D eigenvalue weighted by Crippen LogP contribution is 2.25. The number of aromatic nitrogens is 2. The van der Waals surface area contributed by atoms with Crippen molar-refractivity contribution in [2.75, 3.05) is 17.7 Å². The Bertz CT molecular complexity index is 311. The van der Waals surface area contributed by atoms with Gasteiger partial charge in [-0.15, -0.1) is 0 Å². The van der Waals surface area contributed by atoms with Crippen LogP contribution < -0.4 is 11.5 Å². The van der Waals surface area contributed by atoms with Crippen LogP contribution in [0.4, 0.5) is 11.5 Å². The van der Waals surface area contributed by atoms with Crippen molar-refractivity contribution < 1.29 is 0 Å². The van der Waals surface area contributed by atoms with Crippen molar-refractivity contribution in [2.45, 2.75) is 24.9 Å². The van der Waals surface area contributed by atoms with Crippen LogP contribution in [0.15, 0.2) is 5.16 Å². The van der Waals surface area contributed by atoms with E-state index in [1.807, 2.05) is 20.1 Å². The minimum absolute atomic E-state index is 0.274. The lowest BCUT2D eigenvalue weighted by molar-refractivity contribution is 0.787. The Morgan fingerprint density at radius 3 is 2.31 bits per heavy atom. The second-order valence-corrected chi connectivity index (χ2v) is 3.82. The van der Waals surface area contributed by atoms with Gasteiger partial charge in [0.2, 0.25) is 0 Å². The smallest absolute Gasteiger partial charge is 0.189 e. The summed E-state index contributed by atoms with van der Waals surface area (Å²) in [5.74, 6) is 0.652. The number of nitrogens with two attached hydrogens (primary N) is 2. The molecule has 0 aliphatic heterocycles. The van der Waals surface area contributed by atoms with Crippen molar-refractivity contribution in [3.63, 3.8) is 0 Å². The highest BCUT2D eigenvalue weighted by atomic mass is 32.2. The predicted octanol–water partition coefficient (Wildman–Crippen LogP) is 1.49. The van der Waals surface area contributed by atoms with Gasteiger partial charge in [0, 0.05) is 0 Å². The molecular formula is C8H14N4S. The van der Waals surface area contributed by atoms with Crippen molar-refractivity contribution in [2.24, 2.45) is 0 Å². The summed E-state index contributed by atoms with van der Waals surface area (Å²) in [5.41, 5.74) is 12.7. The van der Waals surface area contributed by atoms with Crippen LogP contribution in [0.1, 0.15) is 25.5 Å². The number of hydrogen-bond acceptors (Lipinski definition) is 5. The minimum Gasteiger partial charge on any atom is -0.394 e. The first kappa shape index (κ1) is 10.1. The van der Waals surface area contributed by atoms with Gasteiger partial charge in [0.15, 0.2) is 11.0 Å². The lowest BCUT2D eigenvalue weighted by atomic mass is 10.1. The molecule has 0 spiro atoms. The Hall–Kier alpha value is -0.970. The van der Waals surface area contributed by atoms with E-state index < -0.39 is 0 Å². The highest BCUT2D eigenvalue weighted by Gasteiger charge is 2.11. The molecule has 0 radical (unpaired) electrons. The van der Waals surface area contributed by atoms with Gasteiger partial charge in [0.1, 0.15) is 0 Å². The van der Waals surface area contributed by atoms with E-state index in [0.717, 1.165) is 5.69 Å². The zero-order valence-electron chi connectivity index (χ0n) is 8.03. The number of hydrogen-bond donors (Lipinski definition) is 2. The number of nitrogens with zero attached hydrogens (tertiary/aromatic N) is 2. The largest absolute Gasteiger partial charge is 0.394 e. The normalized spacial score (nSPS) is 10.8. The molecule has 1 aromatic rings. The maximum absolute atomic E-state index is 5.75. The van der Waals surface area contributed by atoms with E-state index in [1.165, 1.54) is 11.8 Å². The van der Waals surface area contributed by atoms with Crippen molar-refractivity contribution >= 4 is 23.3 Å². The predicted molar refractivity (Wildman–Crippen MR) is 56.7 cm³/mol. The molecular weight excluding hydrogens is 184 g/mol. The molecule has 0 aliphatic rings. The third-order valence-electron chi connectivity index (χ3n) is 1.71. The van der Waals surface area contributed by atoms with E-state index in [4.69, 9.17) is 11.5 Å². The summed E-state index contributed by atoms with van der Waals surface area (Å²) in [6.45, 7) is 4.06. The zero-order chi connectivity index (χ0) is 10.0. The summed E-state index contributed by atoms with van der Waals surface area (Å²) in [6.07, 6.45) is 1.91. The van der Waals surface area contributed by atoms with Gasteiger partial charge in [-0.25, -0.2) is 9.97 Å². The summed E-state index contributed by atoms with van der Waals surface area (Å²) >= 11 is 1.47. The van der Waals surface area contributed by atoms with Crippen molar-refractivity contribution in [1.29, 1.82) is 0 Å². The lowest BCUT2D eigenvalue weighted by Gasteiger charge is -2.10. The molecule has 0 aliphatic carbocycles. The molecule has 4 nitrogen and oxygen atoms in total. The molecule has 0 bridgehead atoms. The standard InChI is InChI=1S/C8H14N4S/c1-4(2)6-5(9)7(10)12-8(11-6)13-3/h4H,9H2,1-3H3,(H2,10,11,12). The van der Waals surface area contributed by atoms with Gasteiger partial charge < -0.3 is 11.5 Å². The average Bonchev–Trinajstić information content (AvgIpc) is 2.09. The van der Waals surface area contributed by atoms with Crippen molar-refractivity contribution in [1.82, 2.24) is 9.97 Å². The van der Waals surface area contributed by atoms with E-state index in [9.17, 15) is 0 Å². The Balaban J connectivity index is 3.25. The molecule has 1 heterocycles. The second-order valence-electron chi connectivity index (χ2n) is 3.05. The van der Waals surface area contributed by atoms with Gasteiger partial charge in [-0.05, 0) is 12.2 Å². The van der Waals surface area contributed by atoms with Gasteiger partial charge in [0.25, 0.3) is 0 Å². The Morgan fingerprint density at radius 2 is 1.85 bits per heavy atom. The molecule has 0 amide bonds. The van der Waals surface area contributed by atoms with Crippen LogP contribution in [0.2, 0.25) is 0 Å². The first-order valence-corrected chi connectivity index (χ1v) is 5.25. The van der Waals surface area contributed by atoms with E-state index >= 15 is 0 Å². The first-order valence-electron chi connectivity index (χ1n) is 4.03. The van der Waals surface area contributed by atoms with Crippen molar-refractivity contribution in [3.05, 3.63) is 5.69 Å². The summed E-state index contributed by atoms with van der Waals surface area (Å²) in [4.78, 5) is 8.34. The van der Waals surface area contributed by atoms with E-state index in [2.05, 4.69) is 9.97 Å². The van der Waals surface area contributed by atoms with Gasteiger partial charge >= 0.3 is 0 Å². The molecule has 0 fully saturated rings. The molecule has 0 atom stereocenters. The molecule has 72 valence electrons.